The van der Waals surface area contributed by atoms with E-state index in [4.69, 9.17) is 9.05 Å². The van der Waals surface area contributed by atoms with Crippen molar-refractivity contribution < 1.29 is 18.5 Å². The molecule has 0 aromatic heterocycles. The monoisotopic (exact) mass is 371 g/mol. The summed E-state index contributed by atoms with van der Waals surface area (Å²) in [5, 5.41) is 10.6. The van der Waals surface area contributed by atoms with E-state index in [1.54, 1.807) is 0 Å². The van der Waals surface area contributed by atoms with E-state index in [0.717, 1.165) is 30.9 Å². The molecule has 1 unspecified atom stereocenters. The van der Waals surface area contributed by atoms with Crippen LogP contribution in [0.3, 0.4) is 0 Å². The fourth-order valence-electron chi connectivity index (χ4n) is 2.88. The molecule has 2 rings (SSSR count). The zero-order valence-corrected chi connectivity index (χ0v) is 15.6. The van der Waals surface area contributed by atoms with E-state index in [-0.39, 0.29) is 16.5 Å². The Bertz CT molecular complexity index is 659. The quantitative estimate of drug-likeness (QED) is 0.159. The van der Waals surface area contributed by atoms with Gasteiger partial charge in [0.25, 0.3) is 5.70 Å². The molecule has 2 aliphatic rings. The topological polar surface area (TPSA) is 78.7 Å². The maximum Gasteiger partial charge on any atom is 0.440 e. The van der Waals surface area contributed by atoms with E-state index in [9.17, 15) is 14.7 Å². The molecule has 0 N–H and O–H groups in total. The minimum Gasteiger partial charge on any atom is -0.425 e. The van der Waals surface area contributed by atoms with Gasteiger partial charge in [-0.15, -0.1) is 0 Å². The van der Waals surface area contributed by atoms with E-state index < -0.39 is 11.7 Å². The first-order valence-corrected chi connectivity index (χ1v) is 10.6. The number of fused-ring (bicyclic) bond motifs is 1. The number of rotatable bonds is 6. The first-order valence-electron chi connectivity index (χ1n) is 7.66. The Morgan fingerprint density at radius 1 is 1.58 bits per heavy atom. The van der Waals surface area contributed by atoms with E-state index in [1.165, 1.54) is 29.8 Å². The number of nitro groups is 1. The van der Waals surface area contributed by atoms with Crippen molar-refractivity contribution in [1.29, 1.82) is 0 Å². The van der Waals surface area contributed by atoms with Gasteiger partial charge in [-0.05, 0) is 56.5 Å². The van der Waals surface area contributed by atoms with Crippen molar-refractivity contribution in [2.75, 3.05) is 0 Å². The van der Waals surface area contributed by atoms with E-state index >= 15 is 0 Å². The van der Waals surface area contributed by atoms with E-state index in [1.807, 2.05) is 13.8 Å². The third-order valence-electron chi connectivity index (χ3n) is 4.40. The van der Waals surface area contributed by atoms with Crippen LogP contribution >= 0.6 is 18.2 Å². The standard InChI is InChI=1S/C16H22NO5PS/c1-5-14(17(18)19)7-6-10-21-23(20)22-15-11-13(12(2)3)8-9-16(15,4)24-23/h5-7,10,13,15H,1-2,8-9,11H2,3-4H3/b10-6+,14-7+/t13-,15-,16+,23?/m1/s1. The van der Waals surface area contributed by atoms with Crippen LogP contribution < -0.4 is 0 Å². The average Bonchev–Trinajstić information content (AvgIpc) is 2.76. The second-order valence-corrected chi connectivity index (χ2v) is 10.6. The smallest absolute Gasteiger partial charge is 0.425 e. The predicted octanol–water partition coefficient (Wildman–Crippen LogP) is 5.24. The Hall–Kier alpha value is -1.30. The fraction of sp³-hybridized carbons (Fsp3) is 0.500. The summed E-state index contributed by atoms with van der Waals surface area (Å²) in [5.74, 6) is 0.379. The fourth-order valence-corrected chi connectivity index (χ4v) is 7.80. The van der Waals surface area contributed by atoms with Crippen LogP contribution in [0.25, 0.3) is 0 Å². The van der Waals surface area contributed by atoms with Gasteiger partial charge in [0.15, 0.2) is 0 Å². The molecule has 0 aromatic rings. The van der Waals surface area contributed by atoms with Crippen LogP contribution in [0.15, 0.2) is 48.9 Å². The Morgan fingerprint density at radius 2 is 2.29 bits per heavy atom. The summed E-state index contributed by atoms with van der Waals surface area (Å²) < 4.78 is 23.6. The van der Waals surface area contributed by atoms with Crippen LogP contribution in [-0.2, 0) is 13.6 Å². The van der Waals surface area contributed by atoms with Crippen molar-refractivity contribution in [1.82, 2.24) is 0 Å². The molecule has 8 heteroatoms. The Balaban J connectivity index is 2.03. The number of allylic oxidation sites excluding steroid dienone is 4. The lowest BCUT2D eigenvalue weighted by Gasteiger charge is -2.36. The van der Waals surface area contributed by atoms with Crippen LogP contribution in [0.5, 0.6) is 0 Å². The molecule has 1 saturated carbocycles. The summed E-state index contributed by atoms with van der Waals surface area (Å²) in [5.41, 5.74) is 0.952. The zero-order valence-electron chi connectivity index (χ0n) is 13.8. The molecule has 1 saturated heterocycles. The number of hydrogen-bond donors (Lipinski definition) is 0. The number of nitrogens with zero attached hydrogens (tertiary/aromatic N) is 1. The highest BCUT2D eigenvalue weighted by Crippen LogP contribution is 2.75. The van der Waals surface area contributed by atoms with Gasteiger partial charge >= 0.3 is 6.80 Å². The zero-order chi connectivity index (χ0) is 18.0. The molecule has 0 aromatic carbocycles. The first-order chi connectivity index (χ1) is 11.2. The summed E-state index contributed by atoms with van der Waals surface area (Å²) in [6.45, 7) is 8.10. The summed E-state index contributed by atoms with van der Waals surface area (Å²) in [6, 6.07) is 0. The minimum atomic E-state index is -3.31. The van der Waals surface area contributed by atoms with Gasteiger partial charge in [-0.2, -0.15) is 0 Å². The maximum atomic E-state index is 12.8. The van der Waals surface area contributed by atoms with Gasteiger partial charge in [0.1, 0.15) is 0 Å². The summed E-state index contributed by atoms with van der Waals surface area (Å²) in [6.07, 6.45) is 7.39. The third-order valence-corrected chi connectivity index (χ3v) is 8.84. The summed E-state index contributed by atoms with van der Waals surface area (Å²) in [7, 11) is 0. The van der Waals surface area contributed by atoms with Gasteiger partial charge < -0.3 is 4.52 Å². The molecule has 0 amide bonds. The van der Waals surface area contributed by atoms with Gasteiger partial charge in [0, 0.05) is 12.2 Å². The molecule has 0 bridgehead atoms. The van der Waals surface area contributed by atoms with Crippen molar-refractivity contribution >= 4 is 18.2 Å². The van der Waals surface area contributed by atoms with Crippen LogP contribution in [-0.4, -0.2) is 15.8 Å². The Kier molecular flexibility index (Phi) is 5.78. The molecule has 0 radical (unpaired) electrons. The largest absolute Gasteiger partial charge is 0.440 e. The molecule has 6 nitrogen and oxygen atoms in total. The van der Waals surface area contributed by atoms with Gasteiger partial charge in [0.05, 0.1) is 22.0 Å². The lowest BCUT2D eigenvalue weighted by atomic mass is 9.77. The van der Waals surface area contributed by atoms with E-state index in [2.05, 4.69) is 13.2 Å². The maximum absolute atomic E-state index is 12.8. The Morgan fingerprint density at radius 3 is 2.88 bits per heavy atom. The third kappa shape index (κ3) is 4.21. The highest BCUT2D eigenvalue weighted by molar-refractivity contribution is 8.56. The summed E-state index contributed by atoms with van der Waals surface area (Å²) >= 11 is 1.24. The molecule has 1 aliphatic carbocycles. The molecule has 1 heterocycles. The molecular weight excluding hydrogens is 349 g/mol. The van der Waals surface area contributed by atoms with Gasteiger partial charge in [-0.3, -0.25) is 14.6 Å². The second kappa shape index (κ2) is 7.30. The highest BCUT2D eigenvalue weighted by atomic mass is 32.7. The van der Waals surface area contributed by atoms with Crippen LogP contribution in [0.2, 0.25) is 0 Å². The van der Waals surface area contributed by atoms with Gasteiger partial charge in [-0.1, -0.05) is 18.7 Å². The van der Waals surface area contributed by atoms with Gasteiger partial charge in [0.2, 0.25) is 0 Å². The van der Waals surface area contributed by atoms with Crippen LogP contribution in [0.1, 0.15) is 33.1 Å². The Labute approximate surface area is 146 Å². The molecule has 2 fully saturated rings. The summed E-state index contributed by atoms with van der Waals surface area (Å²) in [4.78, 5) is 10.1. The van der Waals surface area contributed by atoms with E-state index in [0.29, 0.717) is 5.92 Å². The SMILES string of the molecule is C=C/C(=C\C=C\OP1(=O)O[C@@H]2C[C@H](C(=C)C)CC[C@]2(C)S1)[N+](=O)[O-]. The lowest BCUT2D eigenvalue weighted by Crippen LogP contribution is -2.39. The van der Waals surface area contributed by atoms with Crippen molar-refractivity contribution in [2.45, 2.75) is 44.0 Å². The molecular formula is C16H22NO5PS. The predicted molar refractivity (Wildman–Crippen MR) is 96.1 cm³/mol. The van der Waals surface area contributed by atoms with Crippen molar-refractivity contribution in [3.63, 3.8) is 0 Å². The molecule has 132 valence electrons. The second-order valence-electron chi connectivity index (χ2n) is 6.25. The van der Waals surface area contributed by atoms with Crippen LogP contribution in [0.4, 0.5) is 0 Å². The van der Waals surface area contributed by atoms with Gasteiger partial charge in [-0.25, -0.2) is 4.57 Å². The highest BCUT2D eigenvalue weighted by Gasteiger charge is 2.56. The normalized spacial score (nSPS) is 36.3. The molecule has 4 atom stereocenters. The molecule has 24 heavy (non-hydrogen) atoms. The van der Waals surface area contributed by atoms with Crippen molar-refractivity contribution in [2.24, 2.45) is 5.92 Å². The van der Waals surface area contributed by atoms with Crippen molar-refractivity contribution in [3.05, 3.63) is 59.0 Å². The van der Waals surface area contributed by atoms with Crippen molar-refractivity contribution in [3.8, 4) is 0 Å². The molecule has 0 spiro atoms. The number of hydrogen-bond acceptors (Lipinski definition) is 6. The van der Waals surface area contributed by atoms with Crippen LogP contribution in [0, 0.1) is 16.0 Å². The average molecular weight is 371 g/mol. The molecule has 1 aliphatic heterocycles. The lowest BCUT2D eigenvalue weighted by molar-refractivity contribution is -0.418. The first kappa shape index (κ1) is 19.0. The minimum absolute atomic E-state index is 0.143.